The first-order chi connectivity index (χ1) is 20.0. The van der Waals surface area contributed by atoms with E-state index < -0.39 is 6.10 Å². The number of rotatable bonds is 8. The van der Waals surface area contributed by atoms with Crippen molar-refractivity contribution < 1.29 is 15.0 Å². The van der Waals surface area contributed by atoms with Crippen molar-refractivity contribution in [3.05, 3.63) is 117 Å². The Morgan fingerprint density at radius 3 is 1.88 bits per heavy atom. The number of Topliss-reactive ketones (excluding diaryl/α,β-unsaturated/α-hetero) is 1. The molecule has 0 fully saturated rings. The summed E-state index contributed by atoms with van der Waals surface area (Å²) in [5.74, 6) is 6.49. The molecule has 3 nitrogen and oxygen atoms in total. The monoisotopic (exact) mass is 580 g/mol. The van der Waals surface area contributed by atoms with Gasteiger partial charge in [0.25, 0.3) is 0 Å². The van der Waals surface area contributed by atoms with Crippen LogP contribution in [-0.4, -0.2) is 28.2 Å². The van der Waals surface area contributed by atoms with E-state index in [0.29, 0.717) is 18.4 Å². The highest BCUT2D eigenvalue weighted by Crippen LogP contribution is 2.40. The fourth-order valence-corrected chi connectivity index (χ4v) is 5.69. The van der Waals surface area contributed by atoms with Crippen molar-refractivity contribution in [1.29, 1.82) is 0 Å². The average Bonchev–Trinajstić information content (AvgIpc) is 2.88. The Kier molecular flexibility index (Phi) is 13.2. The number of aliphatic hydroxyl groups excluding tert-OH is 2. The van der Waals surface area contributed by atoms with E-state index in [1.807, 2.05) is 62.5 Å². The second kappa shape index (κ2) is 15.9. The number of carbonyl (C=O) groups excluding carboxylic acids is 1. The van der Waals surface area contributed by atoms with Gasteiger partial charge >= 0.3 is 0 Å². The normalized spacial score (nSPS) is 24.2. The number of ketones is 1. The molecule has 2 aliphatic rings. The van der Waals surface area contributed by atoms with E-state index in [9.17, 15) is 15.0 Å². The predicted octanol–water partition coefficient (Wildman–Crippen LogP) is 9.17. The predicted molar refractivity (Wildman–Crippen MR) is 183 cm³/mol. The van der Waals surface area contributed by atoms with Crippen molar-refractivity contribution in [2.75, 3.05) is 0 Å². The van der Waals surface area contributed by atoms with E-state index in [4.69, 9.17) is 0 Å². The number of carbonyl (C=O) groups is 1. The summed E-state index contributed by atoms with van der Waals surface area (Å²) in [6, 6.07) is 0. The van der Waals surface area contributed by atoms with Gasteiger partial charge in [0.1, 0.15) is 6.10 Å². The molecule has 43 heavy (non-hydrogen) atoms. The molecule has 0 amide bonds. The van der Waals surface area contributed by atoms with Gasteiger partial charge in [-0.25, -0.2) is 0 Å². The van der Waals surface area contributed by atoms with Crippen LogP contribution in [0, 0.1) is 22.7 Å². The lowest BCUT2D eigenvalue weighted by atomic mass is 9.71. The van der Waals surface area contributed by atoms with Gasteiger partial charge < -0.3 is 10.2 Å². The molecular formula is C40H52O3. The van der Waals surface area contributed by atoms with Gasteiger partial charge in [0.2, 0.25) is 0 Å². The van der Waals surface area contributed by atoms with Crippen LogP contribution >= 0.6 is 0 Å². The van der Waals surface area contributed by atoms with Gasteiger partial charge in [-0.05, 0) is 82.9 Å². The highest BCUT2D eigenvalue weighted by molar-refractivity contribution is 6.00. The van der Waals surface area contributed by atoms with Gasteiger partial charge in [-0.1, -0.05) is 135 Å². The standard InChI is InChI=1S/C40H52O3/c1-28(17-13-19-30(3)21-23-35-32(5)25-34(41)26-39(35,7)8)15-11-12-16-29(2)18-14-20-31(4)22-24-36-33(6)38(43)37(42)27-40(36,9)10/h11-20,22,24,34,37,41-42H,25-27H2,1-10H3. The molecular weight excluding hydrogens is 528 g/mol. The van der Waals surface area contributed by atoms with Crippen molar-refractivity contribution in [3.8, 4) is 11.8 Å². The summed E-state index contributed by atoms with van der Waals surface area (Å²) < 4.78 is 0. The van der Waals surface area contributed by atoms with Crippen molar-refractivity contribution in [3.63, 3.8) is 0 Å². The SMILES string of the molecule is CC(C#CC1=C(C)CC(O)CC1(C)C)=CC=CC(C)=CC=CC=C(C)C=CC=C(C)C=CC1=C(C)C(=O)C(O)CC1(C)C. The van der Waals surface area contributed by atoms with Gasteiger partial charge in [0.15, 0.2) is 5.78 Å². The van der Waals surface area contributed by atoms with Crippen LogP contribution < -0.4 is 0 Å². The summed E-state index contributed by atoms with van der Waals surface area (Å²) in [5, 5.41) is 20.1. The minimum absolute atomic E-state index is 0.0916. The summed E-state index contributed by atoms with van der Waals surface area (Å²) >= 11 is 0. The minimum atomic E-state index is -0.900. The summed E-state index contributed by atoms with van der Waals surface area (Å²) in [5.41, 5.74) is 8.03. The molecule has 0 bridgehead atoms. The van der Waals surface area contributed by atoms with Crippen LogP contribution in [0.2, 0.25) is 0 Å². The number of aliphatic hydroxyl groups is 2. The molecule has 0 aromatic heterocycles. The van der Waals surface area contributed by atoms with Gasteiger partial charge in [-0.2, -0.15) is 0 Å². The third-order valence-corrected chi connectivity index (χ3v) is 8.05. The molecule has 0 heterocycles. The zero-order valence-electron chi connectivity index (χ0n) is 28.0. The number of allylic oxidation sites excluding steroid dienone is 18. The molecule has 0 aromatic rings. The van der Waals surface area contributed by atoms with Crippen molar-refractivity contribution in [1.82, 2.24) is 0 Å². The lowest BCUT2D eigenvalue weighted by Gasteiger charge is -2.34. The molecule has 0 saturated carbocycles. The topological polar surface area (TPSA) is 57.5 Å². The summed E-state index contributed by atoms with van der Waals surface area (Å²) in [6.07, 6.45) is 25.3. The maximum Gasteiger partial charge on any atom is 0.187 e. The third kappa shape index (κ3) is 11.3. The maximum absolute atomic E-state index is 12.2. The van der Waals surface area contributed by atoms with Crippen LogP contribution in [0.5, 0.6) is 0 Å². The molecule has 0 saturated heterocycles. The zero-order valence-corrected chi connectivity index (χ0v) is 28.0. The first-order valence-electron chi connectivity index (χ1n) is 15.3. The quantitative estimate of drug-likeness (QED) is 0.222. The third-order valence-electron chi connectivity index (χ3n) is 8.05. The molecule has 2 N–H and O–H groups in total. The largest absolute Gasteiger partial charge is 0.393 e. The fraction of sp³-hybridized carbons (Fsp3) is 0.425. The summed E-state index contributed by atoms with van der Waals surface area (Å²) in [7, 11) is 0. The molecule has 2 unspecified atom stereocenters. The van der Waals surface area contributed by atoms with E-state index in [0.717, 1.165) is 39.9 Å². The highest BCUT2D eigenvalue weighted by atomic mass is 16.3. The molecule has 0 aromatic carbocycles. The number of hydrogen-bond acceptors (Lipinski definition) is 3. The van der Waals surface area contributed by atoms with Crippen molar-refractivity contribution in [2.24, 2.45) is 10.8 Å². The fourth-order valence-electron chi connectivity index (χ4n) is 5.69. The Hall–Kier alpha value is -3.45. The Morgan fingerprint density at radius 2 is 1.30 bits per heavy atom. The van der Waals surface area contributed by atoms with Crippen LogP contribution in [0.25, 0.3) is 0 Å². The Morgan fingerprint density at radius 1 is 0.767 bits per heavy atom. The molecule has 230 valence electrons. The molecule has 0 radical (unpaired) electrons. The first-order valence-corrected chi connectivity index (χ1v) is 15.3. The Bertz CT molecular complexity index is 1430. The van der Waals surface area contributed by atoms with Gasteiger partial charge in [-0.3, -0.25) is 4.79 Å². The van der Waals surface area contributed by atoms with E-state index >= 15 is 0 Å². The van der Waals surface area contributed by atoms with Gasteiger partial charge in [-0.15, -0.1) is 0 Å². The van der Waals surface area contributed by atoms with Crippen molar-refractivity contribution in [2.45, 2.75) is 101 Å². The van der Waals surface area contributed by atoms with Crippen LogP contribution in [0.3, 0.4) is 0 Å². The van der Waals surface area contributed by atoms with Gasteiger partial charge in [0, 0.05) is 11.0 Å². The molecule has 3 heteroatoms. The highest BCUT2D eigenvalue weighted by Gasteiger charge is 2.36. The van der Waals surface area contributed by atoms with Crippen LogP contribution in [0.4, 0.5) is 0 Å². The maximum atomic E-state index is 12.2. The second-order valence-corrected chi connectivity index (χ2v) is 13.4. The van der Waals surface area contributed by atoms with Crippen LogP contribution in [0.15, 0.2) is 117 Å². The molecule has 2 rings (SSSR count). The lowest BCUT2D eigenvalue weighted by Crippen LogP contribution is -2.35. The van der Waals surface area contributed by atoms with Gasteiger partial charge in [0.05, 0.1) is 6.10 Å². The van der Waals surface area contributed by atoms with E-state index in [1.54, 1.807) is 6.92 Å². The molecule has 0 spiro atoms. The molecule has 2 atom stereocenters. The Labute approximate surface area is 261 Å². The number of hydrogen-bond donors (Lipinski definition) is 2. The Balaban J connectivity index is 1.94. The van der Waals surface area contributed by atoms with E-state index in [1.165, 1.54) is 5.57 Å². The van der Waals surface area contributed by atoms with Crippen LogP contribution in [0.1, 0.15) is 88.5 Å². The summed E-state index contributed by atoms with van der Waals surface area (Å²) in [6.45, 7) is 20.5. The van der Waals surface area contributed by atoms with Crippen LogP contribution in [-0.2, 0) is 4.79 Å². The lowest BCUT2D eigenvalue weighted by molar-refractivity contribution is -0.125. The van der Waals surface area contributed by atoms with E-state index in [2.05, 4.69) is 84.6 Å². The molecule has 0 aliphatic heterocycles. The summed E-state index contributed by atoms with van der Waals surface area (Å²) in [4.78, 5) is 12.2. The first kappa shape index (κ1) is 35.7. The van der Waals surface area contributed by atoms with E-state index in [-0.39, 0.29) is 22.7 Å². The van der Waals surface area contributed by atoms with Crippen molar-refractivity contribution >= 4 is 5.78 Å². The minimum Gasteiger partial charge on any atom is -0.393 e. The average molecular weight is 581 g/mol. The molecule has 2 aliphatic carbocycles. The smallest absolute Gasteiger partial charge is 0.187 e. The second-order valence-electron chi connectivity index (χ2n) is 13.4. The zero-order chi connectivity index (χ0) is 32.4.